The summed E-state index contributed by atoms with van der Waals surface area (Å²) in [6.07, 6.45) is 2.55. The molecule has 0 aliphatic carbocycles. The first kappa shape index (κ1) is 14.1. The summed E-state index contributed by atoms with van der Waals surface area (Å²) in [5.74, 6) is 0.738. The third kappa shape index (κ3) is 3.39. The maximum atomic E-state index is 6.07. The fourth-order valence-corrected chi connectivity index (χ4v) is 3.32. The molecule has 4 heteroatoms. The van der Waals surface area contributed by atoms with Gasteiger partial charge in [-0.15, -0.1) is 0 Å². The van der Waals surface area contributed by atoms with Gasteiger partial charge in [-0.25, -0.2) is 0 Å². The van der Waals surface area contributed by atoms with Gasteiger partial charge < -0.3 is 5.73 Å². The number of benzene rings is 1. The highest BCUT2D eigenvalue weighted by Crippen LogP contribution is 2.29. The zero-order valence-electron chi connectivity index (χ0n) is 10.7. The molecule has 1 aromatic carbocycles. The molecule has 0 saturated carbocycles. The molecule has 0 unspecified atom stereocenters. The average Bonchev–Trinajstić information content (AvgIpc) is 2.28. The standard InChI is InChI=1S/C14H20Cl2N2/c1-10-3-2-4-18(9-10)14(8-17)11-5-12(15)7-13(16)6-11/h5-7,10,14H,2-4,8-9,17H2,1H3/t10-,14+/m1/s1. The zero-order valence-corrected chi connectivity index (χ0v) is 12.2. The molecule has 0 bridgehead atoms. The number of hydrogen-bond donors (Lipinski definition) is 1. The van der Waals surface area contributed by atoms with Crippen LogP contribution in [0.25, 0.3) is 0 Å². The van der Waals surface area contributed by atoms with E-state index in [9.17, 15) is 0 Å². The smallest absolute Gasteiger partial charge is 0.0471 e. The maximum absolute atomic E-state index is 6.07. The lowest BCUT2D eigenvalue weighted by Gasteiger charge is -2.37. The molecule has 2 nitrogen and oxygen atoms in total. The maximum Gasteiger partial charge on any atom is 0.0471 e. The Morgan fingerprint density at radius 1 is 1.33 bits per heavy atom. The van der Waals surface area contributed by atoms with Crippen molar-refractivity contribution in [3.05, 3.63) is 33.8 Å². The van der Waals surface area contributed by atoms with Crippen molar-refractivity contribution in [1.82, 2.24) is 4.90 Å². The van der Waals surface area contributed by atoms with E-state index in [4.69, 9.17) is 28.9 Å². The second kappa shape index (κ2) is 6.25. The summed E-state index contributed by atoms with van der Waals surface area (Å²) >= 11 is 12.1. The minimum atomic E-state index is 0.226. The molecule has 1 saturated heterocycles. The van der Waals surface area contributed by atoms with Gasteiger partial charge in [0.25, 0.3) is 0 Å². The van der Waals surface area contributed by atoms with Crippen molar-refractivity contribution in [3.63, 3.8) is 0 Å². The lowest BCUT2D eigenvalue weighted by molar-refractivity contribution is 0.133. The fraction of sp³-hybridized carbons (Fsp3) is 0.571. The van der Waals surface area contributed by atoms with E-state index in [1.807, 2.05) is 12.1 Å². The quantitative estimate of drug-likeness (QED) is 0.918. The summed E-state index contributed by atoms with van der Waals surface area (Å²) in [4.78, 5) is 2.45. The fourth-order valence-electron chi connectivity index (χ4n) is 2.77. The number of hydrogen-bond acceptors (Lipinski definition) is 2. The van der Waals surface area contributed by atoms with Crippen LogP contribution >= 0.6 is 23.2 Å². The van der Waals surface area contributed by atoms with Crippen molar-refractivity contribution in [3.8, 4) is 0 Å². The van der Waals surface area contributed by atoms with Crippen LogP contribution in [0.2, 0.25) is 10.0 Å². The van der Waals surface area contributed by atoms with E-state index in [-0.39, 0.29) is 6.04 Å². The predicted octanol–water partition coefficient (Wildman–Crippen LogP) is 3.73. The third-order valence-corrected chi connectivity index (χ3v) is 4.06. The van der Waals surface area contributed by atoms with Crippen LogP contribution in [0.3, 0.4) is 0 Å². The number of nitrogens with two attached hydrogens (primary N) is 1. The largest absolute Gasteiger partial charge is 0.329 e. The monoisotopic (exact) mass is 286 g/mol. The number of rotatable bonds is 3. The van der Waals surface area contributed by atoms with Crippen LogP contribution in [-0.4, -0.2) is 24.5 Å². The molecule has 0 amide bonds. The highest BCUT2D eigenvalue weighted by Gasteiger charge is 2.24. The molecule has 1 aliphatic heterocycles. The van der Waals surface area contributed by atoms with Gasteiger partial charge in [-0.3, -0.25) is 4.90 Å². The topological polar surface area (TPSA) is 29.3 Å². The van der Waals surface area contributed by atoms with Gasteiger partial charge in [0.05, 0.1) is 0 Å². The van der Waals surface area contributed by atoms with E-state index >= 15 is 0 Å². The predicted molar refractivity (Wildman–Crippen MR) is 78.2 cm³/mol. The first-order chi connectivity index (χ1) is 8.60. The molecule has 0 spiro atoms. The number of halogens is 2. The van der Waals surface area contributed by atoms with Crippen LogP contribution in [0.5, 0.6) is 0 Å². The first-order valence-corrected chi connectivity index (χ1v) is 7.26. The molecule has 1 aliphatic rings. The second-order valence-corrected chi connectivity index (χ2v) is 6.07. The molecule has 0 aromatic heterocycles. The van der Waals surface area contributed by atoms with Gasteiger partial charge >= 0.3 is 0 Å². The normalized spacial score (nSPS) is 23.0. The van der Waals surface area contributed by atoms with Gasteiger partial charge in [0.2, 0.25) is 0 Å². The van der Waals surface area contributed by atoms with Gasteiger partial charge in [-0.2, -0.15) is 0 Å². The van der Waals surface area contributed by atoms with Crippen LogP contribution < -0.4 is 5.73 Å². The molecular weight excluding hydrogens is 267 g/mol. The molecule has 1 fully saturated rings. The van der Waals surface area contributed by atoms with E-state index in [1.54, 1.807) is 6.07 Å². The number of piperidine rings is 1. The Morgan fingerprint density at radius 3 is 2.56 bits per heavy atom. The Morgan fingerprint density at radius 2 is 2.00 bits per heavy atom. The third-order valence-electron chi connectivity index (χ3n) is 3.62. The molecule has 0 radical (unpaired) electrons. The second-order valence-electron chi connectivity index (χ2n) is 5.20. The Kier molecular flexibility index (Phi) is 4.91. The summed E-state index contributed by atoms with van der Waals surface area (Å²) in [6, 6.07) is 5.94. The van der Waals surface area contributed by atoms with Gasteiger partial charge in [-0.05, 0) is 49.1 Å². The van der Waals surface area contributed by atoms with Gasteiger partial charge in [0.1, 0.15) is 0 Å². The molecule has 2 rings (SSSR count). The molecule has 1 heterocycles. The van der Waals surface area contributed by atoms with Crippen molar-refractivity contribution in [2.45, 2.75) is 25.8 Å². The van der Waals surface area contributed by atoms with Crippen molar-refractivity contribution in [2.75, 3.05) is 19.6 Å². The van der Waals surface area contributed by atoms with Crippen LogP contribution in [0.1, 0.15) is 31.4 Å². The molecule has 1 aromatic rings. The first-order valence-electron chi connectivity index (χ1n) is 6.50. The minimum absolute atomic E-state index is 0.226. The van der Waals surface area contributed by atoms with Crippen LogP contribution in [0.4, 0.5) is 0 Å². The molecule has 2 N–H and O–H groups in total. The lowest BCUT2D eigenvalue weighted by Crippen LogP contribution is -2.40. The highest BCUT2D eigenvalue weighted by molar-refractivity contribution is 6.34. The van der Waals surface area contributed by atoms with Gasteiger partial charge in [0.15, 0.2) is 0 Å². The Labute approximate surface area is 119 Å². The van der Waals surface area contributed by atoms with E-state index in [2.05, 4.69) is 11.8 Å². The van der Waals surface area contributed by atoms with Crippen molar-refractivity contribution < 1.29 is 0 Å². The van der Waals surface area contributed by atoms with Crippen molar-refractivity contribution >= 4 is 23.2 Å². The molecule has 2 atom stereocenters. The zero-order chi connectivity index (χ0) is 13.1. The summed E-state index contributed by atoms with van der Waals surface area (Å²) in [6.45, 7) is 5.11. The summed E-state index contributed by atoms with van der Waals surface area (Å²) < 4.78 is 0. The Bertz CT molecular complexity index is 389. The van der Waals surface area contributed by atoms with Gasteiger partial charge in [0, 0.05) is 29.2 Å². The Hall–Kier alpha value is -0.280. The van der Waals surface area contributed by atoms with Gasteiger partial charge in [-0.1, -0.05) is 30.1 Å². The molecule has 18 heavy (non-hydrogen) atoms. The summed E-state index contributed by atoms with van der Waals surface area (Å²) in [5.41, 5.74) is 7.08. The molecular formula is C14H20Cl2N2. The average molecular weight is 287 g/mol. The minimum Gasteiger partial charge on any atom is -0.329 e. The van der Waals surface area contributed by atoms with Crippen molar-refractivity contribution in [2.24, 2.45) is 11.7 Å². The number of nitrogens with zero attached hydrogens (tertiary/aromatic N) is 1. The summed E-state index contributed by atoms with van der Waals surface area (Å²) in [7, 11) is 0. The van der Waals surface area contributed by atoms with Crippen LogP contribution in [0, 0.1) is 5.92 Å². The van der Waals surface area contributed by atoms with E-state index in [0.717, 1.165) is 24.6 Å². The SMILES string of the molecule is C[C@@H]1CCCN([C@@H](CN)c2cc(Cl)cc(Cl)c2)C1. The summed E-state index contributed by atoms with van der Waals surface area (Å²) in [5, 5.41) is 1.36. The lowest BCUT2D eigenvalue weighted by atomic mass is 9.96. The van der Waals surface area contributed by atoms with Crippen LogP contribution in [0.15, 0.2) is 18.2 Å². The number of likely N-dealkylation sites (tertiary alicyclic amines) is 1. The van der Waals surface area contributed by atoms with E-state index < -0.39 is 0 Å². The van der Waals surface area contributed by atoms with Crippen LogP contribution in [-0.2, 0) is 0 Å². The highest BCUT2D eigenvalue weighted by atomic mass is 35.5. The Balaban J connectivity index is 2.21. The molecule has 100 valence electrons. The van der Waals surface area contributed by atoms with Crippen molar-refractivity contribution in [1.29, 1.82) is 0 Å². The van der Waals surface area contributed by atoms with E-state index in [1.165, 1.54) is 12.8 Å². The van der Waals surface area contributed by atoms with E-state index in [0.29, 0.717) is 16.6 Å².